The third-order valence-electron chi connectivity index (χ3n) is 14.3. The van der Waals surface area contributed by atoms with E-state index in [1.54, 1.807) is 4.70 Å². The number of hydrogen-bond acceptors (Lipinski definition) is 0. The van der Waals surface area contributed by atoms with E-state index in [4.69, 9.17) is 0 Å². The second kappa shape index (κ2) is 42.7. The van der Waals surface area contributed by atoms with Gasteiger partial charge in [0.1, 0.15) is 0 Å². The fourth-order valence-corrected chi connectivity index (χ4v) is 11.3. The fraction of sp³-hybridized carbons (Fsp3) is 0.754. The Balaban J connectivity index is 0.000000904. The van der Waals surface area contributed by atoms with Crippen LogP contribution in [0.15, 0.2) is 47.5 Å². The van der Waals surface area contributed by atoms with Crippen LogP contribution in [0.25, 0.3) is 16.9 Å². The number of hydrogen-bond donors (Lipinski definition) is 0. The van der Waals surface area contributed by atoms with Gasteiger partial charge in [-0.1, -0.05) is 163 Å². The maximum absolute atomic E-state index is 12.7. The van der Waals surface area contributed by atoms with Crippen molar-refractivity contribution in [3.8, 4) is 0 Å². The zero-order valence-electron chi connectivity index (χ0n) is 46.7. The van der Waals surface area contributed by atoms with Crippen LogP contribution in [0, 0.1) is 0 Å². The first kappa shape index (κ1) is 62.1. The number of unbranched alkanes of at least 4 members (excludes halogenated alkanes) is 25. The molecule has 0 N–H and O–H groups in total. The summed E-state index contributed by atoms with van der Waals surface area (Å²) in [4.78, 5) is 0. The molecule has 3 heteroatoms. The van der Waals surface area contributed by atoms with E-state index < -0.39 is 0 Å². The molecule has 2 aromatic rings. The molecular formula is C65H112N2Ni. The molecule has 0 unspecified atom stereocenters. The molecule has 0 fully saturated rings. The Hall–Kier alpha value is -1.99. The summed E-state index contributed by atoms with van der Waals surface area (Å²) < 4.78 is 1.69. The molecule has 0 saturated carbocycles. The minimum absolute atomic E-state index is 1.04. The number of rotatable bonds is 43. The Morgan fingerprint density at radius 1 is 0.294 bits per heavy atom. The van der Waals surface area contributed by atoms with Crippen LogP contribution in [0.1, 0.15) is 313 Å². The normalized spacial score (nSPS) is 12.8. The van der Waals surface area contributed by atoms with Crippen molar-refractivity contribution in [2.24, 2.45) is 0 Å². The summed E-state index contributed by atoms with van der Waals surface area (Å²) in [5.41, 5.74) is 26.0. The predicted octanol–water partition coefficient (Wildman–Crippen LogP) is 22.7. The van der Waals surface area contributed by atoms with Gasteiger partial charge in [-0.15, -0.1) is 0 Å². The van der Waals surface area contributed by atoms with E-state index >= 15 is 0 Å². The number of benzene rings is 2. The summed E-state index contributed by atoms with van der Waals surface area (Å²) in [5.74, 6) is 0. The zero-order chi connectivity index (χ0) is 49.3. The van der Waals surface area contributed by atoms with Crippen molar-refractivity contribution in [1.82, 2.24) is 0 Å². The average Bonchev–Trinajstić information content (AvgIpc) is 3.62. The molecule has 0 saturated heterocycles. The molecule has 0 bridgehead atoms. The number of aryl methyl sites for hydroxylation is 4. The molecule has 2 aromatic carbocycles. The Labute approximate surface area is 431 Å². The molecule has 0 aromatic heterocycles. The quantitative estimate of drug-likeness (QED) is 0.0359. The summed E-state index contributed by atoms with van der Waals surface area (Å²) in [6.45, 7) is 18.4. The zero-order valence-corrected chi connectivity index (χ0v) is 47.7. The van der Waals surface area contributed by atoms with Crippen LogP contribution in [0.3, 0.4) is 0 Å². The van der Waals surface area contributed by atoms with Crippen molar-refractivity contribution in [3.05, 3.63) is 86.5 Å². The Morgan fingerprint density at radius 3 is 0.897 bits per heavy atom. The average molecular weight is 980 g/mol. The fourth-order valence-electron chi connectivity index (χ4n) is 10.0. The molecule has 0 radical (unpaired) electrons. The van der Waals surface area contributed by atoms with Crippen LogP contribution in [0.2, 0.25) is 10.8 Å². The van der Waals surface area contributed by atoms with Crippen LogP contribution in [0.5, 0.6) is 0 Å². The first-order valence-electron chi connectivity index (χ1n) is 30.1. The summed E-state index contributed by atoms with van der Waals surface area (Å²) in [6.07, 6.45) is 50.2. The molecule has 0 amide bonds. The Kier molecular flexibility index (Phi) is 39.0. The van der Waals surface area contributed by atoms with Gasteiger partial charge in [0.25, 0.3) is 0 Å². The van der Waals surface area contributed by atoms with Gasteiger partial charge in [0, 0.05) is 22.3 Å². The van der Waals surface area contributed by atoms with Gasteiger partial charge in [0.15, 0.2) is 0 Å². The molecule has 0 aliphatic carbocycles. The van der Waals surface area contributed by atoms with Crippen molar-refractivity contribution in [1.29, 1.82) is 0 Å². The van der Waals surface area contributed by atoms with Gasteiger partial charge in [-0.05, 0) is 124 Å². The first-order chi connectivity index (χ1) is 33.4. The van der Waals surface area contributed by atoms with Gasteiger partial charge in [-0.2, -0.15) is 0 Å². The maximum atomic E-state index is 12.7. The Morgan fingerprint density at radius 2 is 0.544 bits per heavy atom. The summed E-state index contributed by atoms with van der Waals surface area (Å²) in [5, 5.41) is 2.84. The molecule has 2 nitrogen and oxygen atoms in total. The van der Waals surface area contributed by atoms with Gasteiger partial charge in [0.2, 0.25) is 11.4 Å². The van der Waals surface area contributed by atoms with E-state index in [0.29, 0.717) is 0 Å². The van der Waals surface area contributed by atoms with Crippen LogP contribution >= 0.6 is 0 Å². The molecular weight excluding hydrogens is 867 g/mol. The molecule has 1 aliphatic heterocycles. The molecule has 1 heterocycles. The van der Waals surface area contributed by atoms with Gasteiger partial charge in [-0.3, -0.25) is 0 Å². The predicted molar refractivity (Wildman–Crippen MR) is 302 cm³/mol. The first-order valence-corrected chi connectivity index (χ1v) is 31.5. The third kappa shape index (κ3) is 27.0. The molecule has 0 atom stereocenters. The number of allylic oxidation sites excluding steroid dienone is 2. The molecule has 3 rings (SSSR count). The topological polar surface area (TPSA) is 25.3 Å². The third-order valence-corrected chi connectivity index (χ3v) is 15.6. The van der Waals surface area contributed by atoms with E-state index in [1.807, 2.05) is 14.4 Å². The molecule has 0 spiro atoms. The van der Waals surface area contributed by atoms with Crippen LogP contribution < -0.4 is 0 Å². The summed E-state index contributed by atoms with van der Waals surface area (Å²) in [6, 6.07) is 14.8. The van der Waals surface area contributed by atoms with Gasteiger partial charge >= 0.3 is 103 Å². The van der Waals surface area contributed by atoms with E-state index in [-0.39, 0.29) is 0 Å². The summed E-state index contributed by atoms with van der Waals surface area (Å²) >= 11 is 2.00. The Bertz CT molecular complexity index is 1600. The standard InChI is InChI=1S/C51H82N2.2C7H15.Ni/c1-7-13-19-22-24-27-32-44-36-42(30-17-11-5)38-46(40-44)50-48(34-26-16-10-4)49(35-29-21-15-9-3)51(53(50)52)47-39-43(31-18-12-6)37-45(41-47)33-28-25-23-20-14-8-2;2*1-3-5-7-6-4-2;/h36-41H,7-35H2,1-6H3;2*1,3-7H2,2H3;. The van der Waals surface area contributed by atoms with E-state index in [1.165, 1.54) is 267 Å². The van der Waals surface area contributed by atoms with Crippen LogP contribution in [-0.2, 0) is 40.1 Å². The van der Waals surface area contributed by atoms with Gasteiger partial charge in [0.05, 0.1) is 0 Å². The van der Waals surface area contributed by atoms with Crippen molar-refractivity contribution in [2.75, 3.05) is 0 Å². The molecule has 392 valence electrons. The number of nitrogens with zero attached hydrogens (tertiary/aromatic N) is 2. The van der Waals surface area contributed by atoms with Crippen molar-refractivity contribution in [3.63, 3.8) is 0 Å². The van der Waals surface area contributed by atoms with Crippen LogP contribution in [-0.4, -0.2) is 4.70 Å². The van der Waals surface area contributed by atoms with Crippen molar-refractivity contribution >= 4 is 11.4 Å². The van der Waals surface area contributed by atoms with Gasteiger partial charge < -0.3 is 5.53 Å². The minimum atomic E-state index is 1.04. The van der Waals surface area contributed by atoms with Crippen molar-refractivity contribution < 1.29 is 19.1 Å². The summed E-state index contributed by atoms with van der Waals surface area (Å²) in [7, 11) is 0. The molecule has 1 aliphatic rings. The monoisotopic (exact) mass is 979 g/mol. The van der Waals surface area contributed by atoms with E-state index in [9.17, 15) is 5.53 Å². The van der Waals surface area contributed by atoms with Gasteiger partial charge in [-0.25, -0.2) is 4.70 Å². The van der Waals surface area contributed by atoms with Crippen LogP contribution in [0.4, 0.5) is 0 Å². The second-order valence-corrected chi connectivity index (χ2v) is 22.3. The van der Waals surface area contributed by atoms with E-state index in [2.05, 4.69) is 91.8 Å². The SMILES string of the molecule is CCCCCCCCc1cc(CCCC)cc(C2=C(CCCCC)C(CCCCCC)=C(c3cc(CCCC)cc(CCCCCCCC)c3)[N+]2=[N-])c1.CCCCCC[CH2][Ni][CH2]CCCCCC. The second-order valence-electron chi connectivity index (χ2n) is 20.9. The van der Waals surface area contributed by atoms with Crippen molar-refractivity contribution in [2.45, 2.75) is 317 Å². The molecule has 68 heavy (non-hydrogen) atoms. The van der Waals surface area contributed by atoms with E-state index in [0.717, 1.165) is 49.9 Å².